The van der Waals surface area contributed by atoms with Gasteiger partial charge in [0.2, 0.25) is 17.8 Å². The second-order valence-electron chi connectivity index (χ2n) is 6.09. The fourth-order valence-electron chi connectivity index (χ4n) is 3.07. The van der Waals surface area contributed by atoms with Crippen molar-refractivity contribution in [2.75, 3.05) is 28.7 Å². The Morgan fingerprint density at radius 2 is 1.71 bits per heavy atom. The quantitative estimate of drug-likeness (QED) is 0.647. The Balaban J connectivity index is 1.62. The zero-order valence-electron chi connectivity index (χ0n) is 14.9. The molecule has 1 aromatic heterocycles. The predicted octanol–water partition coefficient (Wildman–Crippen LogP) is 2.29. The number of carbonyl (C=O) groups is 1. The average Bonchev–Trinajstić information content (AvgIpc) is 2.71. The maximum atomic E-state index is 13.2. The highest BCUT2D eigenvalue weighted by Crippen LogP contribution is 2.39. The molecule has 0 radical (unpaired) electrons. The molecule has 0 aliphatic carbocycles. The van der Waals surface area contributed by atoms with E-state index in [1.54, 1.807) is 4.90 Å². The van der Waals surface area contributed by atoms with Crippen LogP contribution in [0.3, 0.4) is 0 Å². The molecule has 2 aromatic carbocycles. The lowest BCUT2D eigenvalue weighted by molar-refractivity contribution is -0.117. The van der Waals surface area contributed by atoms with E-state index in [4.69, 9.17) is 16.2 Å². The molecule has 4 rings (SSSR count). The molecule has 0 bridgehead atoms. The minimum atomic E-state index is -0.224. The number of aromatic nitrogens is 3. The van der Waals surface area contributed by atoms with Gasteiger partial charge >= 0.3 is 0 Å². The van der Waals surface area contributed by atoms with Gasteiger partial charge in [-0.3, -0.25) is 9.69 Å². The molecule has 28 heavy (non-hydrogen) atoms. The lowest BCUT2D eigenvalue weighted by atomic mass is 10.0. The van der Waals surface area contributed by atoms with E-state index < -0.39 is 0 Å². The highest BCUT2D eigenvalue weighted by Gasteiger charge is 2.33. The fourth-order valence-corrected chi connectivity index (χ4v) is 3.77. The zero-order valence-corrected chi connectivity index (χ0v) is 15.7. The van der Waals surface area contributed by atoms with Crippen molar-refractivity contribution in [1.29, 1.82) is 0 Å². The van der Waals surface area contributed by atoms with E-state index in [9.17, 15) is 4.79 Å². The molecule has 0 fully saturated rings. The van der Waals surface area contributed by atoms with Gasteiger partial charge in [0.05, 0.1) is 17.5 Å². The Kier molecular flexibility index (Phi) is 4.98. The first-order valence-corrected chi connectivity index (χ1v) is 9.59. The molecule has 8 nitrogen and oxygen atoms in total. The molecular weight excluding hydrogens is 376 g/mol. The lowest BCUT2D eigenvalue weighted by Crippen LogP contribution is -2.42. The number of rotatable bonds is 4. The van der Waals surface area contributed by atoms with Crippen LogP contribution in [-0.4, -0.2) is 33.2 Å². The number of hydrogen-bond acceptors (Lipinski definition) is 8. The Labute approximate surface area is 165 Å². The molecule has 4 N–H and O–H groups in total. The highest BCUT2D eigenvalue weighted by atomic mass is 32.2. The van der Waals surface area contributed by atoms with Gasteiger partial charge < -0.3 is 16.2 Å². The molecule has 1 aliphatic rings. The normalized spacial score (nSPS) is 15.6. The van der Waals surface area contributed by atoms with Gasteiger partial charge in [-0.25, -0.2) is 0 Å². The van der Waals surface area contributed by atoms with E-state index in [1.165, 1.54) is 11.8 Å². The van der Waals surface area contributed by atoms with Gasteiger partial charge in [-0.1, -0.05) is 54.2 Å². The first kappa shape index (κ1) is 18.1. The summed E-state index contributed by atoms with van der Waals surface area (Å²) >= 11 is 1.17. The van der Waals surface area contributed by atoms with Crippen molar-refractivity contribution in [3.8, 4) is 5.75 Å². The number of nitrogens with zero attached hydrogens (tertiary/aromatic N) is 4. The maximum absolute atomic E-state index is 13.2. The van der Waals surface area contributed by atoms with E-state index in [-0.39, 0.29) is 29.6 Å². The maximum Gasteiger partial charge on any atom is 0.238 e. The van der Waals surface area contributed by atoms with Crippen LogP contribution >= 0.6 is 11.8 Å². The van der Waals surface area contributed by atoms with Gasteiger partial charge in [-0.15, -0.1) is 0 Å². The third-order valence-corrected chi connectivity index (χ3v) is 5.09. The smallest absolute Gasteiger partial charge is 0.238 e. The summed E-state index contributed by atoms with van der Waals surface area (Å²) in [6.07, 6.45) is 0. The van der Waals surface area contributed by atoms with Crippen LogP contribution in [0.5, 0.6) is 5.75 Å². The van der Waals surface area contributed by atoms with Crippen molar-refractivity contribution in [1.82, 2.24) is 15.0 Å². The molecule has 142 valence electrons. The van der Waals surface area contributed by atoms with E-state index >= 15 is 0 Å². The Morgan fingerprint density at radius 3 is 2.46 bits per heavy atom. The third kappa shape index (κ3) is 3.70. The molecule has 3 aromatic rings. The van der Waals surface area contributed by atoms with Crippen molar-refractivity contribution in [2.45, 2.75) is 11.2 Å². The number of fused-ring (bicyclic) bond motifs is 1. The van der Waals surface area contributed by atoms with Crippen LogP contribution in [0.15, 0.2) is 59.8 Å². The summed E-state index contributed by atoms with van der Waals surface area (Å²) in [5.41, 5.74) is 12.9. The fraction of sp³-hybridized carbons (Fsp3) is 0.158. The molecule has 0 saturated carbocycles. The van der Waals surface area contributed by atoms with Crippen LogP contribution in [0.1, 0.15) is 11.6 Å². The first-order valence-electron chi connectivity index (χ1n) is 8.60. The SMILES string of the molecule is Nc1nc(N)nc(SCC(=O)N2c3ccccc3OC[C@@H]2c2ccccc2)n1. The average molecular weight is 394 g/mol. The molecule has 9 heteroatoms. The summed E-state index contributed by atoms with van der Waals surface area (Å²) in [4.78, 5) is 26.7. The van der Waals surface area contributed by atoms with Gasteiger partial charge in [-0.2, -0.15) is 15.0 Å². The Hall–Kier alpha value is -3.33. The number of thioether (sulfide) groups is 1. The van der Waals surface area contributed by atoms with Crippen LogP contribution in [0.4, 0.5) is 17.6 Å². The molecule has 0 unspecified atom stereocenters. The minimum absolute atomic E-state index is 0.0290. The van der Waals surface area contributed by atoms with E-state index in [2.05, 4.69) is 15.0 Å². The van der Waals surface area contributed by atoms with Crippen molar-refractivity contribution in [3.05, 3.63) is 60.2 Å². The monoisotopic (exact) mass is 394 g/mol. The molecule has 0 spiro atoms. The van der Waals surface area contributed by atoms with Crippen molar-refractivity contribution in [2.24, 2.45) is 0 Å². The van der Waals surface area contributed by atoms with Gasteiger partial charge in [0, 0.05) is 0 Å². The van der Waals surface area contributed by atoms with Crippen molar-refractivity contribution in [3.63, 3.8) is 0 Å². The van der Waals surface area contributed by atoms with Crippen LogP contribution < -0.4 is 21.1 Å². The van der Waals surface area contributed by atoms with Gasteiger partial charge in [0.25, 0.3) is 0 Å². The topological polar surface area (TPSA) is 120 Å². The van der Waals surface area contributed by atoms with Crippen LogP contribution in [-0.2, 0) is 4.79 Å². The predicted molar refractivity (Wildman–Crippen MR) is 108 cm³/mol. The summed E-state index contributed by atoms with van der Waals surface area (Å²) in [5, 5.41) is 0.316. The molecule has 1 atom stereocenters. The van der Waals surface area contributed by atoms with Crippen LogP contribution in [0.2, 0.25) is 0 Å². The van der Waals surface area contributed by atoms with E-state index in [0.717, 1.165) is 11.3 Å². The zero-order chi connectivity index (χ0) is 19.5. The minimum Gasteiger partial charge on any atom is -0.489 e. The largest absolute Gasteiger partial charge is 0.489 e. The molecule has 2 heterocycles. The van der Waals surface area contributed by atoms with Gasteiger partial charge in [0.1, 0.15) is 12.4 Å². The van der Waals surface area contributed by atoms with Crippen molar-refractivity contribution >= 4 is 35.3 Å². The first-order chi connectivity index (χ1) is 13.6. The summed E-state index contributed by atoms with van der Waals surface area (Å²) < 4.78 is 5.90. The summed E-state index contributed by atoms with van der Waals surface area (Å²) in [7, 11) is 0. The number of nitrogens with two attached hydrogens (primary N) is 2. The standard InChI is InChI=1S/C19H18N6O2S/c20-17-22-18(21)24-19(23-17)28-11-16(26)25-13-8-4-5-9-15(13)27-10-14(25)12-6-2-1-3-7-12/h1-9,14H,10-11H2,(H4,20,21,22,23,24)/t14-/m1/s1. The molecule has 1 aliphatic heterocycles. The lowest BCUT2D eigenvalue weighted by Gasteiger charge is -2.37. The molecule has 1 amide bonds. The summed E-state index contributed by atoms with van der Waals surface area (Å²) in [5.74, 6) is 0.775. The van der Waals surface area contributed by atoms with Gasteiger partial charge in [-0.05, 0) is 17.7 Å². The number of nitrogen functional groups attached to an aromatic ring is 2. The Bertz CT molecular complexity index is 980. The number of para-hydroxylation sites is 2. The number of ether oxygens (including phenoxy) is 1. The summed E-state index contributed by atoms with van der Waals surface area (Å²) in [6.45, 7) is 0.378. The number of amides is 1. The number of anilines is 3. The van der Waals surface area contributed by atoms with E-state index in [0.29, 0.717) is 17.5 Å². The van der Waals surface area contributed by atoms with E-state index in [1.807, 2.05) is 54.6 Å². The molecule has 0 saturated heterocycles. The van der Waals surface area contributed by atoms with Crippen molar-refractivity contribution < 1.29 is 9.53 Å². The number of hydrogen-bond donors (Lipinski definition) is 2. The van der Waals surface area contributed by atoms with Gasteiger partial charge in [0.15, 0.2) is 5.16 Å². The second-order valence-corrected chi connectivity index (χ2v) is 7.03. The summed E-state index contributed by atoms with van der Waals surface area (Å²) in [6, 6.07) is 17.1. The number of carbonyl (C=O) groups excluding carboxylic acids is 1. The second kappa shape index (κ2) is 7.73. The number of benzene rings is 2. The highest BCUT2D eigenvalue weighted by molar-refractivity contribution is 7.99. The third-order valence-electron chi connectivity index (χ3n) is 4.26. The Morgan fingerprint density at radius 1 is 1.04 bits per heavy atom. The molecular formula is C19H18N6O2S. The van der Waals surface area contributed by atoms with Crippen LogP contribution in [0.25, 0.3) is 0 Å². The van der Waals surface area contributed by atoms with Crippen LogP contribution in [0, 0.1) is 0 Å².